The number of benzene rings is 1. The second-order valence-corrected chi connectivity index (χ2v) is 3.59. The summed E-state index contributed by atoms with van der Waals surface area (Å²) >= 11 is 0. The third-order valence-corrected chi connectivity index (χ3v) is 1.99. The lowest BCUT2D eigenvalue weighted by atomic mass is 10.1. The van der Waals surface area contributed by atoms with Gasteiger partial charge >= 0.3 is 0 Å². The molecule has 0 atom stereocenters. The van der Waals surface area contributed by atoms with Crippen molar-refractivity contribution in [2.75, 3.05) is 5.32 Å². The van der Waals surface area contributed by atoms with Crippen molar-refractivity contribution in [1.29, 1.82) is 0 Å². The molecule has 0 unspecified atom stereocenters. The van der Waals surface area contributed by atoms with Crippen LogP contribution in [0.3, 0.4) is 0 Å². The van der Waals surface area contributed by atoms with E-state index >= 15 is 0 Å². The maximum absolute atomic E-state index is 11.3. The van der Waals surface area contributed by atoms with E-state index in [4.69, 9.17) is 5.11 Å². The normalized spacial score (nSPS) is 11.3. The Morgan fingerprint density at radius 2 is 2.07 bits per heavy atom. The zero-order chi connectivity index (χ0) is 11.4. The lowest BCUT2D eigenvalue weighted by molar-refractivity contribution is -0.112. The second kappa shape index (κ2) is 4.64. The van der Waals surface area contributed by atoms with Crippen molar-refractivity contribution in [3.8, 4) is 0 Å². The molecule has 0 bridgehead atoms. The lowest BCUT2D eigenvalue weighted by Gasteiger charge is -2.07. The van der Waals surface area contributed by atoms with Gasteiger partial charge in [0, 0.05) is 11.8 Å². The van der Waals surface area contributed by atoms with E-state index in [1.54, 1.807) is 0 Å². The number of aliphatic hydroxyl groups excluding tert-OH is 1. The number of nitrogens with one attached hydrogen (secondary N) is 1. The SMILES string of the molecule is C/C(O)=C/C(=O)Nc1cc(C)ccc1C. The van der Waals surface area contributed by atoms with Gasteiger partial charge in [-0.25, -0.2) is 0 Å². The van der Waals surface area contributed by atoms with Gasteiger partial charge < -0.3 is 10.4 Å². The molecule has 0 aliphatic carbocycles. The number of hydrogen-bond donors (Lipinski definition) is 2. The number of allylic oxidation sites excluding steroid dienone is 1. The van der Waals surface area contributed by atoms with E-state index in [0.29, 0.717) is 0 Å². The first-order valence-corrected chi connectivity index (χ1v) is 4.74. The Morgan fingerprint density at radius 1 is 1.40 bits per heavy atom. The molecule has 1 aromatic carbocycles. The highest BCUT2D eigenvalue weighted by Gasteiger charge is 2.02. The van der Waals surface area contributed by atoms with E-state index in [2.05, 4.69) is 5.32 Å². The van der Waals surface area contributed by atoms with Crippen LogP contribution in [0.4, 0.5) is 5.69 Å². The third-order valence-electron chi connectivity index (χ3n) is 1.99. The fourth-order valence-corrected chi connectivity index (χ4v) is 1.23. The summed E-state index contributed by atoms with van der Waals surface area (Å²) in [6.45, 7) is 5.34. The van der Waals surface area contributed by atoms with Gasteiger partial charge in [0.15, 0.2) is 0 Å². The van der Waals surface area contributed by atoms with Crippen molar-refractivity contribution < 1.29 is 9.90 Å². The molecule has 0 heterocycles. The number of aliphatic hydroxyl groups is 1. The average Bonchev–Trinajstić information content (AvgIpc) is 2.10. The Bertz CT molecular complexity index is 404. The maximum atomic E-state index is 11.3. The van der Waals surface area contributed by atoms with Crippen LogP contribution in [0.5, 0.6) is 0 Å². The number of carbonyl (C=O) groups excluding carboxylic acids is 1. The predicted octanol–water partition coefficient (Wildman–Crippen LogP) is 2.70. The molecule has 2 N–H and O–H groups in total. The van der Waals surface area contributed by atoms with Crippen molar-refractivity contribution in [1.82, 2.24) is 0 Å². The van der Waals surface area contributed by atoms with Gasteiger partial charge in [0.1, 0.15) is 0 Å². The minimum atomic E-state index is -0.316. The Balaban J connectivity index is 2.85. The highest BCUT2D eigenvalue weighted by atomic mass is 16.3. The summed E-state index contributed by atoms with van der Waals surface area (Å²) in [5, 5.41) is 11.6. The molecule has 3 heteroatoms. The highest BCUT2D eigenvalue weighted by Crippen LogP contribution is 2.16. The Kier molecular flexibility index (Phi) is 3.50. The van der Waals surface area contributed by atoms with Crippen LogP contribution >= 0.6 is 0 Å². The highest BCUT2D eigenvalue weighted by molar-refractivity contribution is 6.00. The van der Waals surface area contributed by atoms with Gasteiger partial charge in [0.05, 0.1) is 5.76 Å². The molecule has 0 saturated carbocycles. The summed E-state index contributed by atoms with van der Waals surface area (Å²) < 4.78 is 0. The molecule has 0 radical (unpaired) electrons. The maximum Gasteiger partial charge on any atom is 0.251 e. The zero-order valence-corrected chi connectivity index (χ0v) is 9.16. The Hall–Kier alpha value is -1.77. The van der Waals surface area contributed by atoms with Gasteiger partial charge in [0.2, 0.25) is 0 Å². The van der Waals surface area contributed by atoms with Crippen LogP contribution in [0.25, 0.3) is 0 Å². The molecule has 3 nitrogen and oxygen atoms in total. The molecule has 1 rings (SSSR count). The van der Waals surface area contributed by atoms with Crippen molar-refractivity contribution in [2.24, 2.45) is 0 Å². The number of hydrogen-bond acceptors (Lipinski definition) is 2. The van der Waals surface area contributed by atoms with Gasteiger partial charge in [-0.05, 0) is 38.0 Å². The molecule has 0 aliphatic rings. The number of carbonyl (C=O) groups is 1. The first-order chi connectivity index (χ1) is 6.99. The largest absolute Gasteiger partial charge is 0.512 e. The van der Waals surface area contributed by atoms with Crippen molar-refractivity contribution in [2.45, 2.75) is 20.8 Å². The Morgan fingerprint density at radius 3 is 2.67 bits per heavy atom. The summed E-state index contributed by atoms with van der Waals surface area (Å²) in [7, 11) is 0. The fourth-order valence-electron chi connectivity index (χ4n) is 1.23. The van der Waals surface area contributed by atoms with E-state index in [1.807, 2.05) is 32.0 Å². The summed E-state index contributed by atoms with van der Waals surface area (Å²) in [6, 6.07) is 5.83. The molecule has 0 aliphatic heterocycles. The van der Waals surface area contributed by atoms with Crippen molar-refractivity contribution in [3.05, 3.63) is 41.2 Å². The van der Waals surface area contributed by atoms with E-state index in [1.165, 1.54) is 6.92 Å². The summed E-state index contributed by atoms with van der Waals surface area (Å²) in [5.41, 5.74) is 2.86. The van der Waals surface area contributed by atoms with Gasteiger partial charge in [-0.15, -0.1) is 0 Å². The number of amides is 1. The zero-order valence-electron chi connectivity index (χ0n) is 9.16. The van der Waals surface area contributed by atoms with Crippen LogP contribution in [0, 0.1) is 13.8 Å². The van der Waals surface area contributed by atoms with E-state index in [-0.39, 0.29) is 11.7 Å². The Labute approximate surface area is 89.4 Å². The van der Waals surface area contributed by atoms with Gasteiger partial charge in [-0.3, -0.25) is 4.79 Å². The molecule has 1 aromatic rings. The molecule has 0 fully saturated rings. The third kappa shape index (κ3) is 3.46. The first-order valence-electron chi connectivity index (χ1n) is 4.74. The molecular formula is C12H15NO2. The van der Waals surface area contributed by atoms with Crippen molar-refractivity contribution >= 4 is 11.6 Å². The van der Waals surface area contributed by atoms with Gasteiger partial charge in [-0.2, -0.15) is 0 Å². The number of aryl methyl sites for hydroxylation is 2. The summed E-state index contributed by atoms with van der Waals surface area (Å²) in [4.78, 5) is 11.3. The minimum absolute atomic E-state index is 0.00203. The summed E-state index contributed by atoms with van der Waals surface area (Å²) in [6.07, 6.45) is 1.15. The van der Waals surface area contributed by atoms with Crippen LogP contribution in [0.1, 0.15) is 18.1 Å². The smallest absolute Gasteiger partial charge is 0.251 e. The monoisotopic (exact) mass is 205 g/mol. The predicted molar refractivity (Wildman–Crippen MR) is 60.9 cm³/mol. The quantitative estimate of drug-likeness (QED) is 0.576. The van der Waals surface area contributed by atoms with Crippen LogP contribution in [-0.2, 0) is 4.79 Å². The molecule has 1 amide bonds. The van der Waals surface area contributed by atoms with Gasteiger partial charge in [-0.1, -0.05) is 12.1 Å². The lowest BCUT2D eigenvalue weighted by Crippen LogP contribution is -2.09. The molecule has 0 aromatic heterocycles. The molecule has 80 valence electrons. The van der Waals surface area contributed by atoms with Crippen LogP contribution in [-0.4, -0.2) is 11.0 Å². The fraction of sp³-hybridized carbons (Fsp3) is 0.250. The van der Waals surface area contributed by atoms with Crippen LogP contribution < -0.4 is 5.32 Å². The van der Waals surface area contributed by atoms with Crippen LogP contribution in [0.15, 0.2) is 30.0 Å². The number of anilines is 1. The van der Waals surface area contributed by atoms with E-state index in [9.17, 15) is 4.79 Å². The first kappa shape index (κ1) is 11.3. The van der Waals surface area contributed by atoms with Crippen molar-refractivity contribution in [3.63, 3.8) is 0 Å². The second-order valence-electron chi connectivity index (χ2n) is 3.59. The average molecular weight is 205 g/mol. The van der Waals surface area contributed by atoms with E-state index in [0.717, 1.165) is 22.9 Å². The molecule has 0 spiro atoms. The van der Waals surface area contributed by atoms with E-state index < -0.39 is 0 Å². The van der Waals surface area contributed by atoms with Gasteiger partial charge in [0.25, 0.3) is 5.91 Å². The summed E-state index contributed by atoms with van der Waals surface area (Å²) in [5.74, 6) is -0.318. The standard InChI is InChI=1S/C12H15NO2/c1-8-4-5-9(2)11(6-8)13-12(15)7-10(3)14/h4-7,14H,1-3H3,(H,13,15)/b10-7-. The minimum Gasteiger partial charge on any atom is -0.512 e. The molecule has 0 saturated heterocycles. The number of rotatable bonds is 2. The topological polar surface area (TPSA) is 49.3 Å². The molecular weight excluding hydrogens is 190 g/mol. The van der Waals surface area contributed by atoms with Crippen LogP contribution in [0.2, 0.25) is 0 Å². The molecule has 15 heavy (non-hydrogen) atoms.